The van der Waals surface area contributed by atoms with Crippen molar-refractivity contribution in [1.29, 1.82) is 0 Å². The topological polar surface area (TPSA) is 55.6 Å². The van der Waals surface area contributed by atoms with Crippen LogP contribution in [0.15, 0.2) is 0 Å². The third-order valence-electron chi connectivity index (χ3n) is 3.96. The Morgan fingerprint density at radius 3 is 2.47 bits per heavy atom. The van der Waals surface area contributed by atoms with Crippen molar-refractivity contribution in [3.05, 3.63) is 5.82 Å². The van der Waals surface area contributed by atoms with Crippen molar-refractivity contribution < 1.29 is 0 Å². The van der Waals surface area contributed by atoms with Crippen LogP contribution >= 0.6 is 0 Å². The highest BCUT2D eigenvalue weighted by molar-refractivity contribution is 4.88. The Hall–Kier alpha value is -0.970. The zero-order valence-corrected chi connectivity index (χ0v) is 12.7. The number of rotatable bonds is 4. The molecule has 1 heterocycles. The van der Waals surface area contributed by atoms with Crippen LogP contribution in [0.3, 0.4) is 0 Å². The molecule has 1 saturated carbocycles. The molecule has 2 rings (SSSR count). The number of aromatic nitrogens is 4. The Labute approximate surface area is 116 Å². The largest absolute Gasteiger partial charge is 0.312 e. The average Bonchev–Trinajstić information content (AvgIpc) is 2.73. The molecule has 1 aliphatic carbocycles. The first-order valence-electron chi connectivity index (χ1n) is 7.42. The quantitative estimate of drug-likeness (QED) is 0.904. The first-order chi connectivity index (χ1) is 8.94. The summed E-state index contributed by atoms with van der Waals surface area (Å²) in [5.41, 5.74) is 0.201. The summed E-state index contributed by atoms with van der Waals surface area (Å²) >= 11 is 0. The van der Waals surface area contributed by atoms with Crippen LogP contribution in [0, 0.1) is 11.8 Å². The van der Waals surface area contributed by atoms with Crippen LogP contribution in [0.1, 0.15) is 52.3 Å². The predicted octanol–water partition coefficient (Wildman–Crippen LogP) is 1.95. The predicted molar refractivity (Wildman–Crippen MR) is 75.7 cm³/mol. The number of tetrazole rings is 1. The Bertz CT molecular complexity index is 393. The molecule has 1 aromatic heterocycles. The number of nitrogens with zero attached hydrogens (tertiary/aromatic N) is 4. The van der Waals surface area contributed by atoms with Gasteiger partial charge >= 0.3 is 0 Å². The van der Waals surface area contributed by atoms with E-state index in [0.717, 1.165) is 24.7 Å². The monoisotopic (exact) mass is 265 g/mol. The highest BCUT2D eigenvalue weighted by Gasteiger charge is 2.27. The summed E-state index contributed by atoms with van der Waals surface area (Å²) in [7, 11) is 1.83. The molecule has 2 atom stereocenters. The van der Waals surface area contributed by atoms with Gasteiger partial charge in [0.2, 0.25) is 0 Å². The molecule has 1 aromatic rings. The molecule has 19 heavy (non-hydrogen) atoms. The summed E-state index contributed by atoms with van der Waals surface area (Å²) in [6, 6.07) is 0. The lowest BCUT2D eigenvalue weighted by molar-refractivity contribution is 0.211. The summed E-state index contributed by atoms with van der Waals surface area (Å²) in [5.74, 6) is 2.35. The molecule has 5 heteroatoms. The van der Waals surface area contributed by atoms with Gasteiger partial charge in [-0.3, -0.25) is 0 Å². The zero-order chi connectivity index (χ0) is 13.9. The van der Waals surface area contributed by atoms with E-state index in [1.165, 1.54) is 25.7 Å². The Kier molecular flexibility index (Phi) is 4.55. The summed E-state index contributed by atoms with van der Waals surface area (Å²) in [4.78, 5) is 1.56. The third kappa shape index (κ3) is 4.56. The molecule has 0 aliphatic heterocycles. The molecule has 0 spiro atoms. The van der Waals surface area contributed by atoms with Gasteiger partial charge in [-0.2, -0.15) is 4.80 Å². The summed E-state index contributed by atoms with van der Waals surface area (Å²) in [6.07, 6.45) is 6.31. The second kappa shape index (κ2) is 5.99. The molecule has 1 fully saturated rings. The van der Waals surface area contributed by atoms with E-state index in [-0.39, 0.29) is 5.54 Å². The lowest BCUT2D eigenvalue weighted by atomic mass is 9.77. The van der Waals surface area contributed by atoms with Crippen molar-refractivity contribution in [2.45, 2.75) is 58.4 Å². The average molecular weight is 265 g/mol. The van der Waals surface area contributed by atoms with Gasteiger partial charge in [0.15, 0.2) is 5.82 Å². The van der Waals surface area contributed by atoms with Gasteiger partial charge in [0.25, 0.3) is 0 Å². The van der Waals surface area contributed by atoms with Gasteiger partial charge in [-0.15, -0.1) is 10.2 Å². The number of hydrogen-bond donors (Lipinski definition) is 1. The van der Waals surface area contributed by atoms with E-state index in [9.17, 15) is 0 Å². The molecule has 0 saturated heterocycles. The van der Waals surface area contributed by atoms with Gasteiger partial charge in [0, 0.05) is 12.0 Å². The van der Waals surface area contributed by atoms with Gasteiger partial charge in [-0.1, -0.05) is 12.8 Å². The molecular weight excluding hydrogens is 238 g/mol. The minimum Gasteiger partial charge on any atom is -0.312 e. The second-order valence-corrected chi connectivity index (χ2v) is 6.83. The highest BCUT2D eigenvalue weighted by Crippen LogP contribution is 2.31. The van der Waals surface area contributed by atoms with Gasteiger partial charge in [-0.05, 0) is 57.2 Å². The second-order valence-electron chi connectivity index (χ2n) is 6.83. The normalized spacial score (nSPS) is 24.6. The first-order valence-corrected chi connectivity index (χ1v) is 7.42. The molecule has 1 N–H and O–H groups in total. The van der Waals surface area contributed by atoms with Gasteiger partial charge in [0.1, 0.15) is 0 Å². The minimum absolute atomic E-state index is 0.201. The van der Waals surface area contributed by atoms with Crippen molar-refractivity contribution >= 4 is 0 Å². The van der Waals surface area contributed by atoms with E-state index >= 15 is 0 Å². The number of nitrogens with one attached hydrogen (secondary N) is 1. The zero-order valence-electron chi connectivity index (χ0n) is 12.7. The molecule has 2 unspecified atom stereocenters. The van der Waals surface area contributed by atoms with E-state index in [4.69, 9.17) is 0 Å². The van der Waals surface area contributed by atoms with E-state index in [0.29, 0.717) is 5.92 Å². The highest BCUT2D eigenvalue weighted by atomic mass is 15.6. The number of aryl methyl sites for hydroxylation is 1. The fraction of sp³-hybridized carbons (Fsp3) is 0.929. The Morgan fingerprint density at radius 2 is 1.89 bits per heavy atom. The van der Waals surface area contributed by atoms with Gasteiger partial charge in [-0.25, -0.2) is 0 Å². The molecule has 0 aromatic carbocycles. The minimum atomic E-state index is 0.201. The standard InChI is InChI=1S/C14H27N5/c1-14(2,3)15-10-12-8-6-5-7-11(12)9-13-16-18-19(4)17-13/h11-12,15H,5-10H2,1-4H3. The maximum atomic E-state index is 4.32. The molecule has 0 amide bonds. The van der Waals surface area contributed by atoms with Gasteiger partial charge < -0.3 is 5.32 Å². The van der Waals surface area contributed by atoms with E-state index in [1.807, 2.05) is 7.05 Å². The third-order valence-corrected chi connectivity index (χ3v) is 3.96. The van der Waals surface area contributed by atoms with Crippen molar-refractivity contribution in [3.63, 3.8) is 0 Å². The van der Waals surface area contributed by atoms with Crippen molar-refractivity contribution in [2.24, 2.45) is 18.9 Å². The lowest BCUT2D eigenvalue weighted by Gasteiger charge is -2.33. The molecular formula is C14H27N5. The summed E-state index contributed by atoms with van der Waals surface area (Å²) in [5, 5.41) is 16.0. The van der Waals surface area contributed by atoms with Crippen LogP contribution in [0.2, 0.25) is 0 Å². The fourth-order valence-corrected chi connectivity index (χ4v) is 2.90. The maximum Gasteiger partial charge on any atom is 0.175 e. The molecule has 0 bridgehead atoms. The Balaban J connectivity index is 1.92. The van der Waals surface area contributed by atoms with Crippen molar-refractivity contribution in [2.75, 3.05) is 6.54 Å². The van der Waals surface area contributed by atoms with Crippen molar-refractivity contribution in [1.82, 2.24) is 25.5 Å². The summed E-state index contributed by atoms with van der Waals surface area (Å²) in [6.45, 7) is 7.80. The number of hydrogen-bond acceptors (Lipinski definition) is 4. The smallest absolute Gasteiger partial charge is 0.175 e. The van der Waals surface area contributed by atoms with Crippen LogP contribution < -0.4 is 5.32 Å². The molecule has 0 radical (unpaired) electrons. The van der Waals surface area contributed by atoms with E-state index in [2.05, 4.69) is 41.5 Å². The van der Waals surface area contributed by atoms with Crippen LogP contribution in [0.5, 0.6) is 0 Å². The maximum absolute atomic E-state index is 4.32. The van der Waals surface area contributed by atoms with Crippen LogP contribution in [-0.4, -0.2) is 32.3 Å². The van der Waals surface area contributed by atoms with Crippen molar-refractivity contribution in [3.8, 4) is 0 Å². The lowest BCUT2D eigenvalue weighted by Crippen LogP contribution is -2.41. The van der Waals surface area contributed by atoms with Gasteiger partial charge in [0.05, 0.1) is 7.05 Å². The molecule has 5 nitrogen and oxygen atoms in total. The van der Waals surface area contributed by atoms with Crippen LogP contribution in [0.4, 0.5) is 0 Å². The fourth-order valence-electron chi connectivity index (χ4n) is 2.90. The van der Waals surface area contributed by atoms with E-state index < -0.39 is 0 Å². The van der Waals surface area contributed by atoms with Crippen LogP contribution in [-0.2, 0) is 13.5 Å². The molecule has 1 aliphatic rings. The van der Waals surface area contributed by atoms with E-state index in [1.54, 1.807) is 4.80 Å². The van der Waals surface area contributed by atoms with Crippen LogP contribution in [0.25, 0.3) is 0 Å². The molecule has 108 valence electrons. The Morgan fingerprint density at radius 1 is 1.21 bits per heavy atom. The SMILES string of the molecule is Cn1nnc(CC2CCCCC2CNC(C)(C)C)n1. The first kappa shape index (κ1) is 14.4. The summed E-state index contributed by atoms with van der Waals surface area (Å²) < 4.78 is 0.